The van der Waals surface area contributed by atoms with Gasteiger partial charge in [-0.3, -0.25) is 4.79 Å². The van der Waals surface area contributed by atoms with Gasteiger partial charge in [0.05, 0.1) is 0 Å². The van der Waals surface area contributed by atoms with Crippen molar-refractivity contribution in [1.82, 2.24) is 15.2 Å². The van der Waals surface area contributed by atoms with Gasteiger partial charge in [0.15, 0.2) is 0 Å². The van der Waals surface area contributed by atoms with Gasteiger partial charge in [-0.15, -0.1) is 0 Å². The maximum Gasteiger partial charge on any atom is 0.268 e. The smallest absolute Gasteiger partial charge is 0.268 e. The van der Waals surface area contributed by atoms with E-state index in [9.17, 15) is 4.79 Å². The van der Waals surface area contributed by atoms with Crippen LogP contribution in [-0.4, -0.2) is 29.1 Å². The Bertz CT molecular complexity index is 456. The number of hydrogen-bond acceptors (Lipinski definition) is 2. The summed E-state index contributed by atoms with van der Waals surface area (Å²) >= 11 is 0. The van der Waals surface area contributed by atoms with Crippen LogP contribution >= 0.6 is 0 Å². The van der Waals surface area contributed by atoms with E-state index in [1.54, 1.807) is 0 Å². The third kappa shape index (κ3) is 2.54. The minimum Gasteiger partial charge on any atom is -0.346 e. The summed E-state index contributed by atoms with van der Waals surface area (Å²) in [6.45, 7) is 4.13. The van der Waals surface area contributed by atoms with Gasteiger partial charge in [0, 0.05) is 17.8 Å². The Hall–Kier alpha value is -1.29. The summed E-state index contributed by atoms with van der Waals surface area (Å²) in [5, 5.41) is 6.58. The topological polar surface area (TPSA) is 46.1 Å². The van der Waals surface area contributed by atoms with Crippen LogP contribution < -0.4 is 10.6 Å². The van der Waals surface area contributed by atoms with Crippen molar-refractivity contribution in [1.29, 1.82) is 0 Å². The molecule has 1 aromatic heterocycles. The highest BCUT2D eigenvalue weighted by Crippen LogP contribution is 2.32. The molecule has 0 aromatic carbocycles. The van der Waals surface area contributed by atoms with E-state index in [0.29, 0.717) is 6.04 Å². The third-order valence-electron chi connectivity index (χ3n) is 4.60. The lowest BCUT2D eigenvalue weighted by Crippen LogP contribution is -2.52. The molecule has 1 aliphatic heterocycles. The monoisotopic (exact) mass is 261 g/mol. The van der Waals surface area contributed by atoms with Crippen LogP contribution in [0.4, 0.5) is 0 Å². The Morgan fingerprint density at radius 2 is 2.16 bits per heavy atom. The lowest BCUT2D eigenvalue weighted by atomic mass is 9.90. The average Bonchev–Trinajstić information content (AvgIpc) is 2.76. The number of piperidine rings is 1. The zero-order chi connectivity index (χ0) is 13.3. The number of carbonyl (C=O) groups excluding carboxylic acids is 1. The molecule has 2 fully saturated rings. The molecular weight excluding hydrogens is 238 g/mol. The molecule has 1 amide bonds. The standard InChI is InChI=1S/C15H23N3O/c1-15(7-9-16-10-8-15)17-14(19)13-6-3-11-18(13)12-4-2-5-12/h3,6,11-12,16H,2,4-5,7-10H2,1H3,(H,17,19). The first-order valence-corrected chi connectivity index (χ1v) is 7.38. The van der Waals surface area contributed by atoms with Crippen molar-refractivity contribution in [3.63, 3.8) is 0 Å². The molecule has 2 aliphatic rings. The summed E-state index contributed by atoms with van der Waals surface area (Å²) in [4.78, 5) is 12.5. The van der Waals surface area contributed by atoms with Gasteiger partial charge in [0.25, 0.3) is 5.91 Å². The number of aromatic nitrogens is 1. The number of hydrogen-bond donors (Lipinski definition) is 2. The second-order valence-electron chi connectivity index (χ2n) is 6.15. The molecule has 1 aliphatic carbocycles. The molecule has 4 nitrogen and oxygen atoms in total. The van der Waals surface area contributed by atoms with Crippen molar-refractivity contribution in [2.24, 2.45) is 0 Å². The summed E-state index contributed by atoms with van der Waals surface area (Å²) < 4.78 is 2.16. The molecule has 0 radical (unpaired) electrons. The quantitative estimate of drug-likeness (QED) is 0.875. The van der Waals surface area contributed by atoms with Crippen molar-refractivity contribution in [2.45, 2.75) is 50.6 Å². The normalized spacial score (nSPS) is 22.8. The molecule has 1 saturated heterocycles. The van der Waals surface area contributed by atoms with Gasteiger partial charge >= 0.3 is 0 Å². The lowest BCUT2D eigenvalue weighted by Gasteiger charge is -2.35. The highest BCUT2D eigenvalue weighted by Gasteiger charge is 2.30. The van der Waals surface area contributed by atoms with Crippen LogP contribution in [0.5, 0.6) is 0 Å². The Balaban J connectivity index is 1.71. The molecule has 1 saturated carbocycles. The van der Waals surface area contributed by atoms with Crippen molar-refractivity contribution in [3.05, 3.63) is 24.0 Å². The molecule has 0 spiro atoms. The van der Waals surface area contributed by atoms with E-state index < -0.39 is 0 Å². The molecule has 0 atom stereocenters. The Morgan fingerprint density at radius 1 is 1.42 bits per heavy atom. The average molecular weight is 261 g/mol. The van der Waals surface area contributed by atoms with E-state index in [0.717, 1.165) is 31.6 Å². The Morgan fingerprint density at radius 3 is 2.79 bits per heavy atom. The van der Waals surface area contributed by atoms with E-state index in [1.807, 2.05) is 18.3 Å². The number of rotatable bonds is 3. The van der Waals surface area contributed by atoms with Gasteiger partial charge in [0.1, 0.15) is 5.69 Å². The second-order valence-corrected chi connectivity index (χ2v) is 6.15. The van der Waals surface area contributed by atoms with Gasteiger partial charge < -0.3 is 15.2 Å². The van der Waals surface area contributed by atoms with Crippen LogP contribution in [0, 0.1) is 0 Å². The first-order valence-electron chi connectivity index (χ1n) is 7.38. The van der Waals surface area contributed by atoms with E-state index in [4.69, 9.17) is 0 Å². The predicted octanol–water partition coefficient (Wildman–Crippen LogP) is 2.08. The minimum absolute atomic E-state index is 0.0585. The highest BCUT2D eigenvalue weighted by molar-refractivity contribution is 5.93. The van der Waals surface area contributed by atoms with Crippen LogP contribution in [0.25, 0.3) is 0 Å². The van der Waals surface area contributed by atoms with Gasteiger partial charge in [-0.05, 0) is 64.3 Å². The summed E-state index contributed by atoms with van der Waals surface area (Å²) in [6.07, 6.45) is 7.74. The Labute approximate surface area is 114 Å². The van der Waals surface area contributed by atoms with Gasteiger partial charge in [-0.1, -0.05) is 0 Å². The number of nitrogens with zero attached hydrogens (tertiary/aromatic N) is 1. The summed E-state index contributed by atoms with van der Waals surface area (Å²) in [5.74, 6) is 0.0845. The maximum atomic E-state index is 12.5. The summed E-state index contributed by atoms with van der Waals surface area (Å²) in [7, 11) is 0. The molecule has 1 aromatic rings. The van der Waals surface area contributed by atoms with E-state index in [-0.39, 0.29) is 11.4 Å². The molecule has 19 heavy (non-hydrogen) atoms. The maximum absolute atomic E-state index is 12.5. The fourth-order valence-corrected chi connectivity index (χ4v) is 3.01. The van der Waals surface area contributed by atoms with Crippen LogP contribution in [0.2, 0.25) is 0 Å². The van der Waals surface area contributed by atoms with Gasteiger partial charge in [-0.25, -0.2) is 0 Å². The summed E-state index contributed by atoms with van der Waals surface area (Å²) in [5.41, 5.74) is 0.765. The zero-order valence-electron chi connectivity index (χ0n) is 11.6. The van der Waals surface area contributed by atoms with Crippen LogP contribution in [-0.2, 0) is 0 Å². The first kappa shape index (κ1) is 12.7. The van der Waals surface area contributed by atoms with Gasteiger partial charge in [0.2, 0.25) is 0 Å². The van der Waals surface area contributed by atoms with Gasteiger partial charge in [-0.2, -0.15) is 0 Å². The summed E-state index contributed by atoms with van der Waals surface area (Å²) in [6, 6.07) is 4.47. The van der Waals surface area contributed by atoms with E-state index >= 15 is 0 Å². The molecule has 4 heteroatoms. The molecule has 2 N–H and O–H groups in total. The largest absolute Gasteiger partial charge is 0.346 e. The number of nitrogens with one attached hydrogen (secondary N) is 2. The SMILES string of the molecule is CC1(NC(=O)c2cccn2C2CCC2)CCNCC1. The number of carbonyl (C=O) groups is 1. The molecule has 0 unspecified atom stereocenters. The molecule has 0 bridgehead atoms. The second kappa shape index (κ2) is 5.00. The van der Waals surface area contributed by atoms with E-state index in [2.05, 4.69) is 22.1 Å². The van der Waals surface area contributed by atoms with Crippen LogP contribution in [0.1, 0.15) is 55.6 Å². The Kier molecular flexibility index (Phi) is 3.35. The van der Waals surface area contributed by atoms with Crippen molar-refractivity contribution >= 4 is 5.91 Å². The molecule has 2 heterocycles. The van der Waals surface area contributed by atoms with Crippen molar-refractivity contribution < 1.29 is 4.79 Å². The van der Waals surface area contributed by atoms with Crippen LogP contribution in [0.15, 0.2) is 18.3 Å². The predicted molar refractivity (Wildman–Crippen MR) is 75.3 cm³/mol. The molecule has 3 rings (SSSR count). The third-order valence-corrected chi connectivity index (χ3v) is 4.60. The highest BCUT2D eigenvalue weighted by atomic mass is 16.2. The first-order chi connectivity index (χ1) is 9.18. The van der Waals surface area contributed by atoms with E-state index in [1.165, 1.54) is 19.3 Å². The minimum atomic E-state index is -0.0585. The van der Waals surface area contributed by atoms with Crippen molar-refractivity contribution in [2.75, 3.05) is 13.1 Å². The molecular formula is C15H23N3O. The zero-order valence-corrected chi connectivity index (χ0v) is 11.6. The fourth-order valence-electron chi connectivity index (χ4n) is 3.01. The van der Waals surface area contributed by atoms with Crippen molar-refractivity contribution in [3.8, 4) is 0 Å². The fraction of sp³-hybridized carbons (Fsp3) is 0.667. The van der Waals surface area contributed by atoms with Crippen LogP contribution in [0.3, 0.4) is 0 Å². The number of amides is 1. The lowest BCUT2D eigenvalue weighted by molar-refractivity contribution is 0.0872. The molecule has 104 valence electrons.